The molecule has 0 bridgehead atoms. The van der Waals surface area contributed by atoms with Crippen LogP contribution >= 0.6 is 0 Å². The molecule has 48 heavy (non-hydrogen) atoms. The van der Waals surface area contributed by atoms with Crippen molar-refractivity contribution >= 4 is 0 Å². The molecule has 0 aromatic rings. The molecule has 4 heteroatoms. The number of unbranched alkanes of at least 4 members (excludes halogenated alkanes) is 18. The van der Waals surface area contributed by atoms with Gasteiger partial charge in [0.05, 0.1) is 6.61 Å². The predicted molar refractivity (Wildman–Crippen MR) is 213 cm³/mol. The van der Waals surface area contributed by atoms with Crippen molar-refractivity contribution in [2.24, 2.45) is 11.1 Å². The molecule has 0 saturated carbocycles. The van der Waals surface area contributed by atoms with Crippen LogP contribution in [0.1, 0.15) is 188 Å². The zero-order chi connectivity index (χ0) is 35.1. The van der Waals surface area contributed by atoms with Crippen molar-refractivity contribution in [2.75, 3.05) is 33.0 Å². The highest BCUT2D eigenvalue weighted by molar-refractivity contribution is 4.93. The minimum absolute atomic E-state index is 0.0848. The summed E-state index contributed by atoms with van der Waals surface area (Å²) in [5.74, 6) is 0. The first-order valence-corrected chi connectivity index (χ1v) is 20.7. The van der Waals surface area contributed by atoms with E-state index in [4.69, 9.17) is 15.2 Å². The first kappa shape index (κ1) is 46.8. The van der Waals surface area contributed by atoms with E-state index < -0.39 is 0 Å². The van der Waals surface area contributed by atoms with Crippen LogP contribution in [0, 0.1) is 5.41 Å². The van der Waals surface area contributed by atoms with E-state index in [1.165, 1.54) is 128 Å². The molecular weight excluding hydrogens is 590 g/mol. The van der Waals surface area contributed by atoms with Gasteiger partial charge in [0.15, 0.2) is 0 Å². The Labute approximate surface area is 300 Å². The maximum atomic E-state index is 10.2. The lowest BCUT2D eigenvalue weighted by Gasteiger charge is -2.35. The molecule has 0 saturated heterocycles. The number of nitrogens with two attached hydrogens (primary N) is 1. The Morgan fingerprint density at radius 1 is 0.479 bits per heavy atom. The largest absolute Gasteiger partial charge is 0.396 e. The van der Waals surface area contributed by atoms with Crippen molar-refractivity contribution in [1.29, 1.82) is 0 Å². The molecule has 0 aromatic carbocycles. The van der Waals surface area contributed by atoms with Crippen LogP contribution in [0.25, 0.3) is 0 Å². The van der Waals surface area contributed by atoms with E-state index in [1.54, 1.807) is 0 Å². The fourth-order valence-electron chi connectivity index (χ4n) is 6.02. The summed E-state index contributed by atoms with van der Waals surface area (Å²) in [5, 5.41) is 10.2. The third-order valence-electron chi connectivity index (χ3n) is 9.75. The number of aliphatic hydroxyl groups excluding tert-OH is 1. The van der Waals surface area contributed by atoms with Gasteiger partial charge in [-0.1, -0.05) is 140 Å². The molecule has 0 amide bonds. The number of aliphatic hydroxyl groups is 1. The van der Waals surface area contributed by atoms with E-state index in [-0.39, 0.29) is 18.1 Å². The Morgan fingerprint density at radius 2 is 0.812 bits per heavy atom. The summed E-state index contributed by atoms with van der Waals surface area (Å²) >= 11 is 0. The van der Waals surface area contributed by atoms with Crippen molar-refractivity contribution in [3.05, 3.63) is 48.6 Å². The van der Waals surface area contributed by atoms with Gasteiger partial charge >= 0.3 is 0 Å². The summed E-state index contributed by atoms with van der Waals surface area (Å²) in [7, 11) is 0. The minimum atomic E-state index is -0.321. The van der Waals surface area contributed by atoms with Gasteiger partial charge in [-0.05, 0) is 96.8 Å². The molecule has 3 N–H and O–H groups in total. The molecule has 1 atom stereocenters. The second-order valence-corrected chi connectivity index (χ2v) is 14.2. The average Bonchev–Trinajstić information content (AvgIpc) is 3.09. The van der Waals surface area contributed by atoms with Crippen molar-refractivity contribution in [2.45, 2.75) is 194 Å². The Balaban J connectivity index is 3.69. The number of allylic oxidation sites excluding steroid dienone is 8. The van der Waals surface area contributed by atoms with Gasteiger partial charge in [-0.2, -0.15) is 0 Å². The molecule has 0 fully saturated rings. The molecule has 0 aliphatic carbocycles. The smallest absolute Gasteiger partial charge is 0.0503 e. The molecular formula is C44H83NO3. The summed E-state index contributed by atoms with van der Waals surface area (Å²) in [4.78, 5) is 0. The highest BCUT2D eigenvalue weighted by atomic mass is 16.5. The van der Waals surface area contributed by atoms with E-state index in [9.17, 15) is 5.11 Å². The average molecular weight is 674 g/mol. The van der Waals surface area contributed by atoms with Gasteiger partial charge < -0.3 is 20.3 Å². The number of rotatable bonds is 38. The van der Waals surface area contributed by atoms with Gasteiger partial charge in [0.25, 0.3) is 0 Å². The fraction of sp³-hybridized carbons (Fsp3) is 0.818. The summed E-state index contributed by atoms with van der Waals surface area (Å²) < 4.78 is 12.0. The zero-order valence-corrected chi connectivity index (χ0v) is 32.5. The molecule has 4 nitrogen and oxygen atoms in total. The maximum Gasteiger partial charge on any atom is 0.0503 e. The number of hydrogen-bond donors (Lipinski definition) is 2. The zero-order valence-electron chi connectivity index (χ0n) is 32.5. The second kappa shape index (κ2) is 38.6. The third kappa shape index (κ3) is 32.0. The van der Waals surface area contributed by atoms with Crippen LogP contribution in [0.4, 0.5) is 0 Å². The Kier molecular flexibility index (Phi) is 37.6. The third-order valence-corrected chi connectivity index (χ3v) is 9.75. The van der Waals surface area contributed by atoms with Gasteiger partial charge in [-0.25, -0.2) is 0 Å². The Bertz CT molecular complexity index is 687. The van der Waals surface area contributed by atoms with Gasteiger partial charge in [0, 0.05) is 37.9 Å². The van der Waals surface area contributed by atoms with E-state index >= 15 is 0 Å². The molecule has 0 radical (unpaired) electrons. The van der Waals surface area contributed by atoms with Crippen LogP contribution in [0.15, 0.2) is 48.6 Å². The maximum absolute atomic E-state index is 10.2. The first-order chi connectivity index (χ1) is 23.6. The molecule has 0 rings (SSSR count). The molecule has 282 valence electrons. The quantitative estimate of drug-likeness (QED) is 0.0506. The summed E-state index contributed by atoms with van der Waals surface area (Å²) in [5.41, 5.74) is 6.04. The van der Waals surface area contributed by atoms with Crippen molar-refractivity contribution in [3.8, 4) is 0 Å². The second-order valence-electron chi connectivity index (χ2n) is 14.2. The van der Waals surface area contributed by atoms with Crippen LogP contribution < -0.4 is 5.73 Å². The van der Waals surface area contributed by atoms with Gasteiger partial charge in [0.2, 0.25) is 0 Å². The summed E-state index contributed by atoms with van der Waals surface area (Å²) in [6, 6.07) is -0.0848. The van der Waals surface area contributed by atoms with Crippen LogP contribution in [0.3, 0.4) is 0 Å². The molecule has 0 heterocycles. The highest BCUT2D eigenvalue weighted by Gasteiger charge is 2.33. The monoisotopic (exact) mass is 674 g/mol. The molecule has 0 aliphatic rings. The first-order valence-electron chi connectivity index (χ1n) is 20.7. The lowest BCUT2D eigenvalue weighted by Crippen LogP contribution is -2.44. The number of hydrogen-bond acceptors (Lipinski definition) is 4. The SMILES string of the molecule is CCCCC/C=C\C/C=C\CCCCCCCCOCCC(CO)(CCOCCCCCCCC/C=C\C/C=C\CCCCC)C(C)N. The molecule has 0 aromatic heterocycles. The lowest BCUT2D eigenvalue weighted by atomic mass is 9.76. The van der Waals surface area contributed by atoms with Crippen LogP contribution in [0.5, 0.6) is 0 Å². The summed E-state index contributed by atoms with van der Waals surface area (Å²) in [6.45, 7) is 9.55. The van der Waals surface area contributed by atoms with Crippen LogP contribution in [0.2, 0.25) is 0 Å². The Hall–Kier alpha value is -1.20. The lowest BCUT2D eigenvalue weighted by molar-refractivity contribution is 0.0108. The summed E-state index contributed by atoms with van der Waals surface area (Å²) in [6.07, 6.45) is 50.4. The van der Waals surface area contributed by atoms with Crippen molar-refractivity contribution < 1.29 is 14.6 Å². The van der Waals surface area contributed by atoms with Gasteiger partial charge in [-0.15, -0.1) is 0 Å². The normalized spacial score (nSPS) is 13.4. The standard InChI is InChI=1S/C44H83NO3/c1-4-6-8-10-12-14-16-18-20-22-24-26-28-30-32-34-38-47-40-36-44(42-46,43(3)45)37-41-48-39-35-33-31-29-27-25-23-21-19-17-15-13-11-9-7-5-2/h12-15,18-21,43,46H,4-11,16-17,22-42,45H2,1-3H3/b14-12-,15-13-,20-18-,21-19-. The van der Waals surface area contributed by atoms with E-state index in [1.807, 2.05) is 6.92 Å². The van der Waals surface area contributed by atoms with Crippen LogP contribution in [-0.4, -0.2) is 44.2 Å². The van der Waals surface area contributed by atoms with Crippen molar-refractivity contribution in [1.82, 2.24) is 0 Å². The molecule has 0 aliphatic heterocycles. The van der Waals surface area contributed by atoms with E-state index in [0.29, 0.717) is 13.2 Å². The molecule has 0 spiro atoms. The Morgan fingerprint density at radius 3 is 1.15 bits per heavy atom. The topological polar surface area (TPSA) is 64.7 Å². The van der Waals surface area contributed by atoms with Gasteiger partial charge in [-0.3, -0.25) is 0 Å². The highest BCUT2D eigenvalue weighted by Crippen LogP contribution is 2.30. The minimum Gasteiger partial charge on any atom is -0.396 e. The van der Waals surface area contributed by atoms with E-state index in [2.05, 4.69) is 62.5 Å². The predicted octanol–water partition coefficient (Wildman–Crippen LogP) is 12.8. The fourth-order valence-corrected chi connectivity index (χ4v) is 6.02. The number of ether oxygens (including phenoxy) is 2. The molecule has 1 unspecified atom stereocenters. The van der Waals surface area contributed by atoms with E-state index in [0.717, 1.165) is 51.7 Å². The van der Waals surface area contributed by atoms with Crippen molar-refractivity contribution in [3.63, 3.8) is 0 Å². The van der Waals surface area contributed by atoms with Crippen LogP contribution in [-0.2, 0) is 9.47 Å². The van der Waals surface area contributed by atoms with Gasteiger partial charge in [0.1, 0.15) is 0 Å².